The maximum atomic E-state index is 12.7. The van der Waals surface area contributed by atoms with Gasteiger partial charge in [0.1, 0.15) is 0 Å². The maximum Gasteiger partial charge on any atom is 0.237 e. The molecule has 2 aromatic rings. The Morgan fingerprint density at radius 2 is 1.92 bits per heavy atom. The fourth-order valence-corrected chi connectivity index (χ4v) is 3.40. The first-order valence-corrected chi connectivity index (χ1v) is 8.85. The standard InChI is InChI=1S/C20H23ClN2O/c1-15(17-9-11-18(21)12-10-17)22-20(24)19-8-5-13-23(19)14-16-6-3-2-4-7-16/h2-4,6-7,9-12,15,19H,5,8,13-14H2,1H3,(H,22,24)/t15-,19-/m1/s1. The van der Waals surface area contributed by atoms with E-state index < -0.39 is 0 Å². The lowest BCUT2D eigenvalue weighted by Crippen LogP contribution is -2.43. The van der Waals surface area contributed by atoms with Gasteiger partial charge in [-0.2, -0.15) is 0 Å². The van der Waals surface area contributed by atoms with E-state index in [1.165, 1.54) is 5.56 Å². The number of benzene rings is 2. The van der Waals surface area contributed by atoms with Crippen LogP contribution in [0.25, 0.3) is 0 Å². The number of carbonyl (C=O) groups is 1. The van der Waals surface area contributed by atoms with Gasteiger partial charge >= 0.3 is 0 Å². The van der Waals surface area contributed by atoms with Crippen LogP contribution in [0.5, 0.6) is 0 Å². The van der Waals surface area contributed by atoms with E-state index in [0.29, 0.717) is 5.02 Å². The zero-order valence-electron chi connectivity index (χ0n) is 13.9. The van der Waals surface area contributed by atoms with Crippen LogP contribution < -0.4 is 5.32 Å². The van der Waals surface area contributed by atoms with Crippen molar-refractivity contribution in [1.29, 1.82) is 0 Å². The van der Waals surface area contributed by atoms with Crippen LogP contribution in [0.15, 0.2) is 54.6 Å². The van der Waals surface area contributed by atoms with E-state index in [2.05, 4.69) is 22.3 Å². The van der Waals surface area contributed by atoms with Gasteiger partial charge in [0.25, 0.3) is 0 Å². The van der Waals surface area contributed by atoms with E-state index in [1.54, 1.807) is 0 Å². The second kappa shape index (κ2) is 7.82. The van der Waals surface area contributed by atoms with Gasteiger partial charge in [-0.15, -0.1) is 0 Å². The largest absolute Gasteiger partial charge is 0.348 e. The average molecular weight is 343 g/mol. The van der Waals surface area contributed by atoms with Crippen LogP contribution in [0.3, 0.4) is 0 Å². The van der Waals surface area contributed by atoms with Crippen LogP contribution in [0.2, 0.25) is 5.02 Å². The highest BCUT2D eigenvalue weighted by atomic mass is 35.5. The molecule has 126 valence electrons. The van der Waals surface area contributed by atoms with Gasteiger partial charge in [-0.3, -0.25) is 9.69 Å². The first-order valence-electron chi connectivity index (χ1n) is 8.47. The molecule has 24 heavy (non-hydrogen) atoms. The predicted molar refractivity (Wildman–Crippen MR) is 97.9 cm³/mol. The summed E-state index contributed by atoms with van der Waals surface area (Å²) in [4.78, 5) is 15.0. The minimum Gasteiger partial charge on any atom is -0.348 e. The number of amides is 1. The van der Waals surface area contributed by atoms with Crippen LogP contribution in [0.4, 0.5) is 0 Å². The van der Waals surface area contributed by atoms with E-state index in [0.717, 1.165) is 31.5 Å². The monoisotopic (exact) mass is 342 g/mol. The van der Waals surface area contributed by atoms with Crippen molar-refractivity contribution >= 4 is 17.5 Å². The highest BCUT2D eigenvalue weighted by molar-refractivity contribution is 6.30. The summed E-state index contributed by atoms with van der Waals surface area (Å²) in [6.07, 6.45) is 1.99. The zero-order valence-corrected chi connectivity index (χ0v) is 14.7. The fourth-order valence-electron chi connectivity index (χ4n) is 3.27. The number of hydrogen-bond acceptors (Lipinski definition) is 2. The number of rotatable bonds is 5. The Labute approximate surface area is 148 Å². The lowest BCUT2D eigenvalue weighted by Gasteiger charge is -2.25. The lowest BCUT2D eigenvalue weighted by molar-refractivity contribution is -0.126. The average Bonchev–Trinajstić information content (AvgIpc) is 3.04. The Balaban J connectivity index is 1.62. The third-order valence-electron chi connectivity index (χ3n) is 4.62. The molecule has 1 saturated heterocycles. The van der Waals surface area contributed by atoms with Crippen LogP contribution in [-0.2, 0) is 11.3 Å². The Kier molecular flexibility index (Phi) is 5.54. The van der Waals surface area contributed by atoms with Crippen LogP contribution >= 0.6 is 11.6 Å². The molecule has 2 aromatic carbocycles. The van der Waals surface area contributed by atoms with Crippen LogP contribution in [0.1, 0.15) is 36.9 Å². The Hall–Kier alpha value is -1.84. The minimum atomic E-state index is -0.0417. The molecular weight excluding hydrogens is 320 g/mol. The summed E-state index contributed by atoms with van der Waals surface area (Å²) in [7, 11) is 0. The van der Waals surface area contributed by atoms with Gasteiger partial charge in [-0.05, 0) is 49.6 Å². The molecule has 0 aromatic heterocycles. The van der Waals surface area contributed by atoms with Crippen LogP contribution in [0, 0.1) is 0 Å². The first kappa shape index (κ1) is 17.0. The molecule has 1 N–H and O–H groups in total. The molecule has 1 aliphatic rings. The molecule has 1 fully saturated rings. The van der Waals surface area contributed by atoms with Crippen molar-refractivity contribution in [3.63, 3.8) is 0 Å². The second-order valence-electron chi connectivity index (χ2n) is 6.40. The fraction of sp³-hybridized carbons (Fsp3) is 0.350. The number of hydrogen-bond donors (Lipinski definition) is 1. The van der Waals surface area contributed by atoms with Gasteiger partial charge < -0.3 is 5.32 Å². The summed E-state index contributed by atoms with van der Waals surface area (Å²) in [6.45, 7) is 3.81. The molecular formula is C20H23ClN2O. The molecule has 1 heterocycles. The Morgan fingerprint density at radius 1 is 1.21 bits per heavy atom. The quantitative estimate of drug-likeness (QED) is 0.884. The van der Waals surface area contributed by atoms with E-state index >= 15 is 0 Å². The molecule has 0 bridgehead atoms. The zero-order chi connectivity index (χ0) is 16.9. The molecule has 0 radical (unpaired) electrons. The summed E-state index contributed by atoms with van der Waals surface area (Å²) in [6, 6.07) is 17.9. The van der Waals surface area contributed by atoms with Crippen molar-refractivity contribution in [2.24, 2.45) is 0 Å². The predicted octanol–water partition coefficient (Wildman–Crippen LogP) is 4.18. The number of nitrogens with one attached hydrogen (secondary N) is 1. The SMILES string of the molecule is C[C@@H](NC(=O)[C@H]1CCCN1Cc1ccccc1)c1ccc(Cl)cc1. The number of nitrogens with zero attached hydrogens (tertiary/aromatic N) is 1. The molecule has 1 aliphatic heterocycles. The van der Waals surface area contributed by atoms with E-state index in [-0.39, 0.29) is 18.0 Å². The number of likely N-dealkylation sites (tertiary alicyclic amines) is 1. The highest BCUT2D eigenvalue weighted by Crippen LogP contribution is 2.22. The molecule has 0 saturated carbocycles. The van der Waals surface area contributed by atoms with Gasteiger partial charge in [0.05, 0.1) is 12.1 Å². The third-order valence-corrected chi connectivity index (χ3v) is 4.88. The van der Waals surface area contributed by atoms with Crippen molar-refractivity contribution in [3.8, 4) is 0 Å². The third kappa shape index (κ3) is 4.16. The van der Waals surface area contributed by atoms with Crippen LogP contribution in [-0.4, -0.2) is 23.4 Å². The van der Waals surface area contributed by atoms with E-state index in [9.17, 15) is 4.79 Å². The second-order valence-corrected chi connectivity index (χ2v) is 6.83. The molecule has 0 unspecified atom stereocenters. The molecule has 0 aliphatic carbocycles. The molecule has 3 rings (SSSR count). The minimum absolute atomic E-state index is 0.0195. The molecule has 1 amide bonds. The van der Waals surface area contributed by atoms with E-state index in [4.69, 9.17) is 11.6 Å². The van der Waals surface area contributed by atoms with E-state index in [1.807, 2.05) is 49.4 Å². The Morgan fingerprint density at radius 3 is 2.62 bits per heavy atom. The van der Waals surface area contributed by atoms with Crippen molar-refractivity contribution in [3.05, 3.63) is 70.7 Å². The summed E-state index contributed by atoms with van der Waals surface area (Å²) in [5.41, 5.74) is 2.32. The van der Waals surface area contributed by atoms with Gasteiger partial charge in [-0.1, -0.05) is 54.1 Å². The van der Waals surface area contributed by atoms with Gasteiger partial charge in [0.15, 0.2) is 0 Å². The summed E-state index contributed by atoms with van der Waals surface area (Å²) in [5.74, 6) is 0.117. The summed E-state index contributed by atoms with van der Waals surface area (Å²) in [5, 5.41) is 3.86. The van der Waals surface area contributed by atoms with Crippen molar-refractivity contribution in [1.82, 2.24) is 10.2 Å². The molecule has 4 heteroatoms. The number of carbonyl (C=O) groups excluding carboxylic acids is 1. The lowest BCUT2D eigenvalue weighted by atomic mass is 10.1. The summed E-state index contributed by atoms with van der Waals surface area (Å²) < 4.78 is 0. The summed E-state index contributed by atoms with van der Waals surface area (Å²) >= 11 is 5.93. The number of halogens is 1. The van der Waals surface area contributed by atoms with Crippen molar-refractivity contribution in [2.45, 2.75) is 38.4 Å². The van der Waals surface area contributed by atoms with Crippen molar-refractivity contribution < 1.29 is 4.79 Å². The van der Waals surface area contributed by atoms with Gasteiger partial charge in [0.2, 0.25) is 5.91 Å². The smallest absolute Gasteiger partial charge is 0.237 e. The topological polar surface area (TPSA) is 32.3 Å². The van der Waals surface area contributed by atoms with Gasteiger partial charge in [-0.25, -0.2) is 0 Å². The normalized spacial score (nSPS) is 19.2. The first-order chi connectivity index (χ1) is 11.6. The van der Waals surface area contributed by atoms with Gasteiger partial charge in [0, 0.05) is 11.6 Å². The molecule has 0 spiro atoms. The van der Waals surface area contributed by atoms with Crippen molar-refractivity contribution in [2.75, 3.05) is 6.54 Å². The Bertz CT molecular complexity index is 672. The highest BCUT2D eigenvalue weighted by Gasteiger charge is 2.31. The molecule has 3 nitrogen and oxygen atoms in total. The molecule has 2 atom stereocenters. The maximum absolute atomic E-state index is 12.7.